The quantitative estimate of drug-likeness (QED) is 0.856. The summed E-state index contributed by atoms with van der Waals surface area (Å²) in [5, 5.41) is 0. The molecule has 3 nitrogen and oxygen atoms in total. The van der Waals surface area contributed by atoms with Crippen LogP contribution in [0, 0.1) is 0 Å². The highest BCUT2D eigenvalue weighted by Crippen LogP contribution is 2.41. The van der Waals surface area contributed by atoms with Crippen LogP contribution in [0.25, 0.3) is 0 Å². The molecule has 3 heteroatoms. The Morgan fingerprint density at radius 2 is 1.92 bits per heavy atom. The first-order valence-electron chi connectivity index (χ1n) is 9.56. The van der Waals surface area contributed by atoms with E-state index in [4.69, 9.17) is 9.47 Å². The maximum atomic E-state index is 6.25. The van der Waals surface area contributed by atoms with Gasteiger partial charge in [-0.2, -0.15) is 0 Å². The van der Waals surface area contributed by atoms with Crippen LogP contribution in [0.4, 0.5) is 0 Å². The van der Waals surface area contributed by atoms with Gasteiger partial charge in [-0.25, -0.2) is 0 Å². The lowest BCUT2D eigenvalue weighted by Crippen LogP contribution is -2.49. The summed E-state index contributed by atoms with van der Waals surface area (Å²) < 4.78 is 12.1. The van der Waals surface area contributed by atoms with Crippen LogP contribution in [0.1, 0.15) is 34.8 Å². The number of ether oxygens (including phenoxy) is 2. The standard InChI is InChI=1S/C22H25NO2/c1-2-4-16(5-3-1)8-10-23-11-13-25-22-19-15-21-18(9-12-24-21)14-17(19)6-7-20(22)23/h1-5,14-15,20,22H,6-13H2/t20-,22-/m1/s1. The molecule has 0 spiro atoms. The first kappa shape index (κ1) is 15.4. The minimum Gasteiger partial charge on any atom is -0.493 e. The zero-order chi connectivity index (χ0) is 16.6. The van der Waals surface area contributed by atoms with Crippen molar-refractivity contribution < 1.29 is 9.47 Å². The Labute approximate surface area is 149 Å². The molecule has 1 aliphatic carbocycles. The van der Waals surface area contributed by atoms with Gasteiger partial charge < -0.3 is 9.47 Å². The van der Waals surface area contributed by atoms with E-state index in [0.29, 0.717) is 6.04 Å². The molecule has 2 atom stereocenters. The molecule has 0 unspecified atom stereocenters. The van der Waals surface area contributed by atoms with Crippen molar-refractivity contribution in [2.45, 2.75) is 37.8 Å². The van der Waals surface area contributed by atoms with Crippen molar-refractivity contribution in [3.63, 3.8) is 0 Å². The molecule has 2 aromatic carbocycles. The monoisotopic (exact) mass is 335 g/mol. The Morgan fingerprint density at radius 3 is 2.84 bits per heavy atom. The lowest BCUT2D eigenvalue weighted by Gasteiger charge is -2.44. The molecule has 0 bridgehead atoms. The summed E-state index contributed by atoms with van der Waals surface area (Å²) in [6, 6.07) is 16.0. The minimum atomic E-state index is 0.211. The van der Waals surface area contributed by atoms with Crippen LogP contribution in [0.3, 0.4) is 0 Å². The van der Waals surface area contributed by atoms with E-state index in [9.17, 15) is 0 Å². The maximum Gasteiger partial charge on any atom is 0.123 e. The zero-order valence-electron chi connectivity index (χ0n) is 14.6. The molecule has 0 amide bonds. The van der Waals surface area contributed by atoms with Gasteiger partial charge in [-0.3, -0.25) is 4.90 Å². The van der Waals surface area contributed by atoms with Gasteiger partial charge >= 0.3 is 0 Å². The average Bonchev–Trinajstić information content (AvgIpc) is 3.12. The summed E-state index contributed by atoms with van der Waals surface area (Å²) in [5.41, 5.74) is 5.67. The summed E-state index contributed by atoms with van der Waals surface area (Å²) >= 11 is 0. The largest absolute Gasteiger partial charge is 0.493 e. The van der Waals surface area contributed by atoms with Crippen LogP contribution >= 0.6 is 0 Å². The number of rotatable bonds is 3. The molecule has 3 aliphatic rings. The molecule has 2 aliphatic heterocycles. The average molecular weight is 335 g/mol. The van der Waals surface area contributed by atoms with Gasteiger partial charge in [0.05, 0.1) is 19.3 Å². The molecule has 0 N–H and O–H groups in total. The third kappa shape index (κ3) is 2.86. The third-order valence-corrected chi connectivity index (χ3v) is 5.99. The van der Waals surface area contributed by atoms with Gasteiger partial charge in [-0.05, 0) is 47.6 Å². The van der Waals surface area contributed by atoms with Crippen LogP contribution in [-0.2, 0) is 24.0 Å². The van der Waals surface area contributed by atoms with Crippen molar-refractivity contribution in [3.05, 3.63) is 64.7 Å². The fraction of sp³-hybridized carbons (Fsp3) is 0.455. The normalized spacial score (nSPS) is 25.0. The Morgan fingerprint density at radius 1 is 1.00 bits per heavy atom. The summed E-state index contributed by atoms with van der Waals surface area (Å²) in [4.78, 5) is 2.65. The zero-order valence-corrected chi connectivity index (χ0v) is 14.6. The van der Waals surface area contributed by atoms with E-state index >= 15 is 0 Å². The van der Waals surface area contributed by atoms with Crippen molar-refractivity contribution in [2.24, 2.45) is 0 Å². The molecule has 0 aromatic heterocycles. The number of morpholine rings is 1. The summed E-state index contributed by atoms with van der Waals surface area (Å²) in [5.74, 6) is 1.09. The Balaban J connectivity index is 1.36. The second kappa shape index (κ2) is 6.47. The lowest BCUT2D eigenvalue weighted by atomic mass is 9.83. The third-order valence-electron chi connectivity index (χ3n) is 5.99. The molecule has 25 heavy (non-hydrogen) atoms. The second-order valence-electron chi connectivity index (χ2n) is 7.43. The van der Waals surface area contributed by atoms with Gasteiger partial charge in [-0.1, -0.05) is 36.4 Å². The predicted molar refractivity (Wildman–Crippen MR) is 98.2 cm³/mol. The Bertz CT molecular complexity index is 758. The van der Waals surface area contributed by atoms with Gasteiger partial charge in [0.2, 0.25) is 0 Å². The minimum absolute atomic E-state index is 0.211. The summed E-state index contributed by atoms with van der Waals surface area (Å²) in [6.07, 6.45) is 4.74. The molecular formula is C22H25NO2. The molecule has 1 fully saturated rings. The van der Waals surface area contributed by atoms with Gasteiger partial charge in [0.1, 0.15) is 5.75 Å². The number of aryl methyl sites for hydroxylation is 1. The van der Waals surface area contributed by atoms with E-state index in [1.165, 1.54) is 28.7 Å². The first-order valence-corrected chi connectivity index (χ1v) is 9.56. The van der Waals surface area contributed by atoms with E-state index in [2.05, 4.69) is 47.4 Å². The molecule has 5 rings (SSSR count). The van der Waals surface area contributed by atoms with Crippen LogP contribution in [0.5, 0.6) is 5.75 Å². The molecule has 0 saturated carbocycles. The SMILES string of the molecule is c1ccc(CCN2CCO[C@@H]3c4cc5c(cc4CC[C@H]32)CCO5)cc1. The number of fused-ring (bicyclic) bond motifs is 4. The maximum absolute atomic E-state index is 6.25. The fourth-order valence-electron chi connectivity index (χ4n) is 4.67. The Hall–Kier alpha value is -1.84. The van der Waals surface area contributed by atoms with Crippen LogP contribution < -0.4 is 4.74 Å². The van der Waals surface area contributed by atoms with E-state index < -0.39 is 0 Å². The molecule has 1 saturated heterocycles. The lowest BCUT2D eigenvalue weighted by molar-refractivity contribution is -0.0798. The van der Waals surface area contributed by atoms with E-state index in [1.807, 2.05) is 0 Å². The van der Waals surface area contributed by atoms with Crippen molar-refractivity contribution in [1.82, 2.24) is 4.90 Å². The van der Waals surface area contributed by atoms with Crippen molar-refractivity contribution in [3.8, 4) is 5.75 Å². The highest BCUT2D eigenvalue weighted by Gasteiger charge is 2.38. The van der Waals surface area contributed by atoms with Gasteiger partial charge in [0, 0.05) is 25.6 Å². The topological polar surface area (TPSA) is 21.7 Å². The van der Waals surface area contributed by atoms with Gasteiger partial charge in [0.25, 0.3) is 0 Å². The number of hydrogen-bond donors (Lipinski definition) is 0. The predicted octanol–water partition coefficient (Wildman–Crippen LogP) is 3.55. The molecule has 2 aromatic rings. The first-order chi connectivity index (χ1) is 12.4. The molecular weight excluding hydrogens is 310 g/mol. The Kier molecular flexibility index (Phi) is 3.99. The summed E-state index contributed by atoms with van der Waals surface area (Å²) in [7, 11) is 0. The molecule has 130 valence electrons. The van der Waals surface area contributed by atoms with Crippen molar-refractivity contribution in [1.29, 1.82) is 0 Å². The second-order valence-corrected chi connectivity index (χ2v) is 7.43. The number of hydrogen-bond acceptors (Lipinski definition) is 3. The smallest absolute Gasteiger partial charge is 0.123 e. The van der Waals surface area contributed by atoms with E-state index in [0.717, 1.165) is 51.3 Å². The van der Waals surface area contributed by atoms with Gasteiger partial charge in [0.15, 0.2) is 0 Å². The van der Waals surface area contributed by atoms with Crippen molar-refractivity contribution >= 4 is 0 Å². The van der Waals surface area contributed by atoms with Crippen LogP contribution in [0.15, 0.2) is 42.5 Å². The van der Waals surface area contributed by atoms with E-state index in [-0.39, 0.29) is 6.10 Å². The molecule has 0 radical (unpaired) electrons. The van der Waals surface area contributed by atoms with Crippen LogP contribution in [0.2, 0.25) is 0 Å². The van der Waals surface area contributed by atoms with Crippen molar-refractivity contribution in [2.75, 3.05) is 26.3 Å². The van der Waals surface area contributed by atoms with Gasteiger partial charge in [-0.15, -0.1) is 0 Å². The highest BCUT2D eigenvalue weighted by atomic mass is 16.5. The van der Waals surface area contributed by atoms with E-state index in [1.54, 1.807) is 0 Å². The highest BCUT2D eigenvalue weighted by molar-refractivity contribution is 5.47. The molecule has 2 heterocycles. The summed E-state index contributed by atoms with van der Waals surface area (Å²) in [6.45, 7) is 3.82. The van der Waals surface area contributed by atoms with Crippen LogP contribution in [-0.4, -0.2) is 37.2 Å². The number of nitrogens with zero attached hydrogens (tertiary/aromatic N) is 1. The number of benzene rings is 2. The fourth-order valence-corrected chi connectivity index (χ4v) is 4.67.